The van der Waals surface area contributed by atoms with Crippen LogP contribution in [0.3, 0.4) is 0 Å². The summed E-state index contributed by atoms with van der Waals surface area (Å²) in [6.45, 7) is 3.79. The number of halogens is 2. The predicted molar refractivity (Wildman–Crippen MR) is 173 cm³/mol. The van der Waals surface area contributed by atoms with Crippen LogP contribution in [0.4, 0.5) is 10.5 Å². The van der Waals surface area contributed by atoms with Crippen molar-refractivity contribution in [2.45, 2.75) is 24.8 Å². The van der Waals surface area contributed by atoms with E-state index < -0.39 is 0 Å². The van der Waals surface area contributed by atoms with Gasteiger partial charge in [0.2, 0.25) is 5.88 Å². The molecule has 43 heavy (non-hydrogen) atoms. The van der Waals surface area contributed by atoms with E-state index >= 15 is 0 Å². The molecule has 1 N–H and O–H groups in total. The molecule has 1 saturated heterocycles. The van der Waals surface area contributed by atoms with Crippen LogP contribution in [-0.2, 0) is 12.0 Å². The summed E-state index contributed by atoms with van der Waals surface area (Å²) in [5.41, 5.74) is 6.20. The lowest BCUT2D eigenvalue weighted by Gasteiger charge is -2.39. The fourth-order valence-electron chi connectivity index (χ4n) is 6.03. The molecule has 7 nitrogen and oxygen atoms in total. The number of rotatable bonds is 7. The largest absolute Gasteiger partial charge is 0.481 e. The first kappa shape index (κ1) is 29.2. The predicted octanol–water partition coefficient (Wildman–Crippen LogP) is 7.24. The fourth-order valence-corrected chi connectivity index (χ4v) is 6.35. The monoisotopic (exact) mass is 613 g/mol. The van der Waals surface area contributed by atoms with Gasteiger partial charge in [-0.05, 0) is 90.6 Å². The van der Waals surface area contributed by atoms with Crippen LogP contribution in [0.5, 0.6) is 5.88 Å². The molecule has 0 atom stereocenters. The van der Waals surface area contributed by atoms with E-state index in [0.29, 0.717) is 24.1 Å². The van der Waals surface area contributed by atoms with Crippen LogP contribution in [0.15, 0.2) is 85.2 Å². The van der Waals surface area contributed by atoms with Gasteiger partial charge in [0.05, 0.1) is 7.11 Å². The van der Waals surface area contributed by atoms with Crippen LogP contribution < -0.4 is 15.0 Å². The van der Waals surface area contributed by atoms with Crippen molar-refractivity contribution in [3.8, 4) is 17.0 Å². The average Bonchev–Trinajstić information content (AvgIpc) is 3.35. The van der Waals surface area contributed by atoms with Crippen molar-refractivity contribution in [3.63, 3.8) is 0 Å². The molecule has 2 aromatic carbocycles. The van der Waals surface area contributed by atoms with E-state index in [4.69, 9.17) is 27.9 Å². The number of fused-ring (bicyclic) bond motifs is 2. The van der Waals surface area contributed by atoms with Gasteiger partial charge >= 0.3 is 6.03 Å². The lowest BCUT2D eigenvalue weighted by Crippen LogP contribution is -2.47. The Morgan fingerprint density at radius 3 is 2.51 bits per heavy atom. The van der Waals surface area contributed by atoms with Gasteiger partial charge in [0, 0.05) is 59.8 Å². The van der Waals surface area contributed by atoms with Crippen LogP contribution in [0.2, 0.25) is 10.2 Å². The summed E-state index contributed by atoms with van der Waals surface area (Å²) in [7, 11) is 1.61. The molecule has 220 valence electrons. The number of ether oxygens (including phenoxy) is 1. The Kier molecular flexibility index (Phi) is 8.66. The van der Waals surface area contributed by atoms with E-state index in [0.717, 1.165) is 65.4 Å². The van der Waals surface area contributed by atoms with E-state index in [1.54, 1.807) is 19.4 Å². The van der Waals surface area contributed by atoms with E-state index in [1.807, 2.05) is 53.6 Å². The van der Waals surface area contributed by atoms with Crippen molar-refractivity contribution in [2.75, 3.05) is 38.2 Å². The zero-order chi connectivity index (χ0) is 29.8. The first-order valence-corrected chi connectivity index (χ1v) is 15.1. The normalized spacial score (nSPS) is 16.0. The number of amides is 2. The maximum absolute atomic E-state index is 13.6. The van der Waals surface area contributed by atoms with Crippen LogP contribution in [-0.4, -0.2) is 54.2 Å². The molecule has 0 radical (unpaired) electrons. The zero-order valence-corrected chi connectivity index (χ0v) is 25.5. The van der Waals surface area contributed by atoms with Crippen molar-refractivity contribution in [1.82, 2.24) is 20.2 Å². The highest BCUT2D eigenvalue weighted by atomic mass is 35.5. The molecule has 9 heteroatoms. The third-order valence-corrected chi connectivity index (χ3v) is 8.89. The van der Waals surface area contributed by atoms with E-state index in [-0.39, 0.29) is 11.4 Å². The van der Waals surface area contributed by atoms with Gasteiger partial charge in [-0.2, -0.15) is 0 Å². The highest BCUT2D eigenvalue weighted by molar-refractivity contribution is 6.30. The number of hydrogen-bond acceptors (Lipinski definition) is 5. The fraction of sp³-hybridized carbons (Fsp3) is 0.265. The lowest BCUT2D eigenvalue weighted by molar-refractivity contribution is 0.180. The second-order valence-electron chi connectivity index (χ2n) is 11.1. The van der Waals surface area contributed by atoms with Gasteiger partial charge in [0.15, 0.2) is 0 Å². The molecule has 4 heterocycles. The maximum atomic E-state index is 13.6. The van der Waals surface area contributed by atoms with Crippen molar-refractivity contribution in [1.29, 1.82) is 0 Å². The molecule has 2 aliphatic heterocycles. The van der Waals surface area contributed by atoms with Gasteiger partial charge in [-0.15, -0.1) is 0 Å². The Balaban J connectivity index is 1.21. The van der Waals surface area contributed by atoms with Gasteiger partial charge in [-0.1, -0.05) is 53.6 Å². The highest BCUT2D eigenvalue weighted by Gasteiger charge is 2.46. The minimum absolute atomic E-state index is 0.113. The summed E-state index contributed by atoms with van der Waals surface area (Å²) in [5.74, 6) is 0.581. The number of benzene rings is 2. The Labute approximate surface area is 262 Å². The summed E-state index contributed by atoms with van der Waals surface area (Å²) in [6, 6.07) is 21.7. The Bertz CT molecular complexity index is 1620. The quantitative estimate of drug-likeness (QED) is 0.223. The molecule has 2 aromatic heterocycles. The Morgan fingerprint density at radius 2 is 1.79 bits per heavy atom. The number of nitrogens with zero attached hydrogens (tertiary/aromatic N) is 4. The minimum Gasteiger partial charge on any atom is -0.481 e. The summed E-state index contributed by atoms with van der Waals surface area (Å²) in [5, 5.41) is 4.25. The minimum atomic E-state index is -0.126. The van der Waals surface area contributed by atoms with E-state index in [1.165, 1.54) is 5.56 Å². The third-order valence-electron chi connectivity index (χ3n) is 8.44. The number of piperidine rings is 1. The zero-order valence-electron chi connectivity index (χ0n) is 24.0. The van der Waals surface area contributed by atoms with Crippen molar-refractivity contribution in [2.24, 2.45) is 0 Å². The third kappa shape index (κ3) is 6.54. The molecule has 0 bridgehead atoms. The second kappa shape index (κ2) is 12.8. The number of pyridine rings is 2. The Morgan fingerprint density at radius 1 is 1.00 bits per heavy atom. The van der Waals surface area contributed by atoms with Crippen LogP contribution in [0, 0.1) is 0 Å². The van der Waals surface area contributed by atoms with E-state index in [9.17, 15) is 4.79 Å². The molecule has 6 rings (SSSR count). The highest BCUT2D eigenvalue weighted by Crippen LogP contribution is 2.48. The SMILES string of the molecule is COc1ccc(-c2ccc3c(c2)C2(CCN(C/C=C/c4ccc(Cl)cc4)CC2)CN3C(=O)NCc2ccnc(Cl)c2)cn1. The van der Waals surface area contributed by atoms with Gasteiger partial charge in [-0.25, -0.2) is 14.8 Å². The van der Waals surface area contributed by atoms with Crippen molar-refractivity contribution >= 4 is 41.0 Å². The smallest absolute Gasteiger partial charge is 0.322 e. The lowest BCUT2D eigenvalue weighted by atomic mass is 9.73. The molecular weight excluding hydrogens is 581 g/mol. The molecule has 1 fully saturated rings. The van der Waals surface area contributed by atoms with Crippen molar-refractivity contribution < 1.29 is 9.53 Å². The van der Waals surface area contributed by atoms with Gasteiger partial charge in [0.1, 0.15) is 5.15 Å². The first-order chi connectivity index (χ1) is 20.9. The number of hydrogen-bond donors (Lipinski definition) is 1. The molecule has 4 aromatic rings. The molecule has 1 spiro atoms. The number of carbonyl (C=O) groups is 1. The van der Waals surface area contributed by atoms with Crippen LogP contribution in [0.25, 0.3) is 17.2 Å². The second-order valence-corrected chi connectivity index (χ2v) is 11.9. The number of anilines is 1. The van der Waals surface area contributed by atoms with Crippen LogP contribution in [0.1, 0.15) is 29.5 Å². The number of carbonyl (C=O) groups excluding carboxylic acids is 1. The number of urea groups is 1. The van der Waals surface area contributed by atoms with Gasteiger partial charge < -0.3 is 10.1 Å². The number of aromatic nitrogens is 2. The summed E-state index contributed by atoms with van der Waals surface area (Å²) >= 11 is 12.1. The van der Waals surface area contributed by atoms with Crippen LogP contribution >= 0.6 is 23.2 Å². The molecular formula is C34H33Cl2N5O2. The number of methoxy groups -OCH3 is 1. The summed E-state index contributed by atoms with van der Waals surface area (Å²) in [6.07, 6.45) is 9.76. The standard InChI is InChI=1S/C34H33Cl2N5O2/c1-43-32-11-7-27(22-38-32)26-6-10-30-29(20-26)34(23-41(30)33(42)39-21-25-12-15-37-31(36)19-25)13-17-40(18-14-34)16-2-3-24-4-8-28(35)9-5-24/h2-12,15,19-20,22H,13-14,16-18,21,23H2,1H3,(H,39,42)/b3-2+. The topological polar surface area (TPSA) is 70.6 Å². The molecule has 2 aliphatic rings. The number of nitrogens with one attached hydrogen (secondary N) is 1. The van der Waals surface area contributed by atoms with Gasteiger partial charge in [0.25, 0.3) is 0 Å². The van der Waals surface area contributed by atoms with E-state index in [2.05, 4.69) is 50.5 Å². The number of likely N-dealkylation sites (tertiary alicyclic amines) is 1. The molecule has 0 aliphatic carbocycles. The maximum Gasteiger partial charge on any atom is 0.322 e. The molecule has 0 saturated carbocycles. The first-order valence-electron chi connectivity index (χ1n) is 14.4. The Hall–Kier alpha value is -3.91. The molecule has 2 amide bonds. The summed E-state index contributed by atoms with van der Waals surface area (Å²) < 4.78 is 5.25. The summed E-state index contributed by atoms with van der Waals surface area (Å²) in [4.78, 5) is 26.4. The molecule has 0 unspecified atom stereocenters. The van der Waals surface area contributed by atoms with Crippen molar-refractivity contribution in [3.05, 3.63) is 112 Å². The van der Waals surface area contributed by atoms with Gasteiger partial charge in [-0.3, -0.25) is 9.80 Å². The average molecular weight is 615 g/mol.